The number of methoxy groups -OCH3 is 1. The van der Waals surface area contributed by atoms with E-state index in [1.54, 1.807) is 7.11 Å². The van der Waals surface area contributed by atoms with Crippen LogP contribution >= 0.6 is 0 Å². The predicted octanol–water partition coefficient (Wildman–Crippen LogP) is 2.88. The van der Waals surface area contributed by atoms with E-state index in [4.69, 9.17) is 4.74 Å². The molecule has 2 heteroatoms. The molecule has 0 spiro atoms. The Morgan fingerprint density at radius 1 is 1.33 bits per heavy atom. The van der Waals surface area contributed by atoms with Crippen molar-refractivity contribution in [2.24, 2.45) is 0 Å². The lowest BCUT2D eigenvalue weighted by Gasteiger charge is -2.16. The number of aliphatic hydroxyl groups excluding tert-OH is 1. The number of ether oxygens (including phenoxy) is 1. The highest BCUT2D eigenvalue weighted by molar-refractivity contribution is 5.68. The summed E-state index contributed by atoms with van der Waals surface area (Å²) in [4.78, 5) is 0. The molecule has 1 aromatic rings. The normalized spacial score (nSPS) is 18.3. The molecule has 0 aromatic heterocycles. The summed E-state index contributed by atoms with van der Waals surface area (Å²) in [5.41, 5.74) is 3.29. The van der Waals surface area contributed by atoms with Gasteiger partial charge in [0, 0.05) is 5.56 Å². The fraction of sp³-hybridized carbons (Fsp3) is 0.385. The maximum atomic E-state index is 9.72. The number of benzene rings is 1. The summed E-state index contributed by atoms with van der Waals surface area (Å²) in [6, 6.07) is 3.87. The van der Waals surface area contributed by atoms with Gasteiger partial charge in [0.2, 0.25) is 0 Å². The number of aliphatic hydroxyl groups is 1. The van der Waals surface area contributed by atoms with Crippen LogP contribution in [-0.2, 0) is 0 Å². The molecule has 0 fully saturated rings. The smallest absolute Gasteiger partial charge is 0.122 e. The summed E-state index contributed by atoms with van der Waals surface area (Å²) in [6.45, 7) is 4.27. The van der Waals surface area contributed by atoms with Crippen molar-refractivity contribution in [3.63, 3.8) is 0 Å². The zero-order chi connectivity index (χ0) is 11.0. The van der Waals surface area contributed by atoms with Gasteiger partial charge in [-0.15, -0.1) is 0 Å². The Morgan fingerprint density at radius 2 is 2.07 bits per heavy atom. The molecule has 1 aliphatic rings. The van der Waals surface area contributed by atoms with E-state index in [0.29, 0.717) is 5.92 Å². The first kappa shape index (κ1) is 10.2. The SMILES string of the molecule is COc1ccc2c(c1C(C)C)C=CC2O. The molecule has 1 unspecified atom stereocenters. The van der Waals surface area contributed by atoms with Crippen LogP contribution in [0.5, 0.6) is 5.75 Å². The van der Waals surface area contributed by atoms with E-state index >= 15 is 0 Å². The van der Waals surface area contributed by atoms with E-state index in [1.807, 2.05) is 24.3 Å². The first-order chi connectivity index (χ1) is 7.15. The molecule has 1 N–H and O–H groups in total. The molecule has 1 aliphatic carbocycles. The van der Waals surface area contributed by atoms with Crippen LogP contribution in [0, 0.1) is 0 Å². The molecule has 2 rings (SSSR count). The highest BCUT2D eigenvalue weighted by atomic mass is 16.5. The fourth-order valence-corrected chi connectivity index (χ4v) is 2.14. The Labute approximate surface area is 90.2 Å². The number of hydrogen-bond acceptors (Lipinski definition) is 2. The summed E-state index contributed by atoms with van der Waals surface area (Å²) >= 11 is 0. The van der Waals surface area contributed by atoms with Gasteiger partial charge in [-0.1, -0.05) is 32.1 Å². The van der Waals surface area contributed by atoms with Gasteiger partial charge in [-0.2, -0.15) is 0 Å². The van der Waals surface area contributed by atoms with Crippen molar-refractivity contribution in [1.29, 1.82) is 0 Å². The van der Waals surface area contributed by atoms with Crippen LogP contribution in [0.2, 0.25) is 0 Å². The highest BCUT2D eigenvalue weighted by Crippen LogP contribution is 2.38. The first-order valence-corrected chi connectivity index (χ1v) is 5.22. The van der Waals surface area contributed by atoms with Crippen molar-refractivity contribution in [1.82, 2.24) is 0 Å². The minimum atomic E-state index is -0.455. The average molecular weight is 204 g/mol. The fourth-order valence-electron chi connectivity index (χ4n) is 2.14. The van der Waals surface area contributed by atoms with Crippen LogP contribution in [0.15, 0.2) is 18.2 Å². The van der Waals surface area contributed by atoms with Crippen molar-refractivity contribution >= 4 is 6.08 Å². The van der Waals surface area contributed by atoms with Crippen LogP contribution in [0.3, 0.4) is 0 Å². The Kier molecular flexibility index (Phi) is 2.53. The Bertz CT molecular complexity index is 405. The molecule has 0 bridgehead atoms. The number of fused-ring (bicyclic) bond motifs is 1. The van der Waals surface area contributed by atoms with Gasteiger partial charge in [-0.05, 0) is 23.1 Å². The molecule has 1 aromatic carbocycles. The molecule has 0 amide bonds. The average Bonchev–Trinajstić information content (AvgIpc) is 2.58. The standard InChI is InChI=1S/C13H16O2/c1-8(2)13-10-4-6-11(14)9(10)5-7-12(13)15-3/h4-8,11,14H,1-3H3. The molecule has 0 radical (unpaired) electrons. The number of rotatable bonds is 2. The van der Waals surface area contributed by atoms with Crippen LogP contribution in [0.25, 0.3) is 6.08 Å². The summed E-state index contributed by atoms with van der Waals surface area (Å²) in [5, 5.41) is 9.72. The van der Waals surface area contributed by atoms with Crippen LogP contribution < -0.4 is 4.74 Å². The topological polar surface area (TPSA) is 29.5 Å². The summed E-state index contributed by atoms with van der Waals surface area (Å²) < 4.78 is 5.35. The van der Waals surface area contributed by atoms with E-state index in [9.17, 15) is 5.11 Å². The third kappa shape index (κ3) is 1.55. The Morgan fingerprint density at radius 3 is 2.67 bits per heavy atom. The van der Waals surface area contributed by atoms with E-state index < -0.39 is 6.10 Å². The molecule has 80 valence electrons. The zero-order valence-corrected chi connectivity index (χ0v) is 9.32. The maximum Gasteiger partial charge on any atom is 0.122 e. The molecule has 0 aliphatic heterocycles. The minimum absolute atomic E-state index is 0.393. The zero-order valence-electron chi connectivity index (χ0n) is 9.32. The molecule has 0 saturated carbocycles. The van der Waals surface area contributed by atoms with Crippen molar-refractivity contribution in [3.8, 4) is 5.75 Å². The van der Waals surface area contributed by atoms with Crippen molar-refractivity contribution < 1.29 is 9.84 Å². The van der Waals surface area contributed by atoms with Gasteiger partial charge in [0.05, 0.1) is 13.2 Å². The lowest BCUT2D eigenvalue weighted by atomic mass is 9.93. The third-order valence-corrected chi connectivity index (χ3v) is 2.84. The second kappa shape index (κ2) is 3.70. The lowest BCUT2D eigenvalue weighted by molar-refractivity contribution is 0.232. The van der Waals surface area contributed by atoms with Crippen molar-refractivity contribution in [3.05, 3.63) is 34.9 Å². The van der Waals surface area contributed by atoms with E-state index in [1.165, 1.54) is 5.56 Å². The van der Waals surface area contributed by atoms with Gasteiger partial charge in [0.15, 0.2) is 0 Å². The molecule has 2 nitrogen and oxygen atoms in total. The summed E-state index contributed by atoms with van der Waals surface area (Å²) in [6.07, 6.45) is 3.34. The van der Waals surface area contributed by atoms with Gasteiger partial charge in [0.25, 0.3) is 0 Å². The monoisotopic (exact) mass is 204 g/mol. The molecular weight excluding hydrogens is 188 g/mol. The van der Waals surface area contributed by atoms with Crippen LogP contribution in [0.4, 0.5) is 0 Å². The molecule has 0 heterocycles. The molecule has 1 atom stereocenters. The molecule has 0 saturated heterocycles. The predicted molar refractivity (Wildman–Crippen MR) is 61.1 cm³/mol. The highest BCUT2D eigenvalue weighted by Gasteiger charge is 2.21. The van der Waals surface area contributed by atoms with Gasteiger partial charge in [-0.3, -0.25) is 0 Å². The van der Waals surface area contributed by atoms with Gasteiger partial charge in [-0.25, -0.2) is 0 Å². The Balaban J connectivity index is 2.63. The summed E-state index contributed by atoms with van der Waals surface area (Å²) in [5.74, 6) is 1.30. The summed E-state index contributed by atoms with van der Waals surface area (Å²) in [7, 11) is 1.68. The molecule has 15 heavy (non-hydrogen) atoms. The minimum Gasteiger partial charge on any atom is -0.496 e. The van der Waals surface area contributed by atoms with E-state index in [2.05, 4.69) is 13.8 Å². The quantitative estimate of drug-likeness (QED) is 0.802. The van der Waals surface area contributed by atoms with Crippen LogP contribution in [-0.4, -0.2) is 12.2 Å². The Hall–Kier alpha value is -1.28. The van der Waals surface area contributed by atoms with Gasteiger partial charge >= 0.3 is 0 Å². The van der Waals surface area contributed by atoms with Crippen molar-refractivity contribution in [2.45, 2.75) is 25.9 Å². The lowest BCUT2D eigenvalue weighted by Crippen LogP contribution is -2.00. The maximum absolute atomic E-state index is 9.72. The largest absolute Gasteiger partial charge is 0.496 e. The second-order valence-electron chi connectivity index (χ2n) is 4.14. The third-order valence-electron chi connectivity index (χ3n) is 2.84. The first-order valence-electron chi connectivity index (χ1n) is 5.22. The van der Waals surface area contributed by atoms with E-state index in [0.717, 1.165) is 16.9 Å². The molecular formula is C13H16O2. The van der Waals surface area contributed by atoms with E-state index in [-0.39, 0.29) is 0 Å². The van der Waals surface area contributed by atoms with Crippen molar-refractivity contribution in [2.75, 3.05) is 7.11 Å². The van der Waals surface area contributed by atoms with Crippen LogP contribution in [0.1, 0.15) is 42.6 Å². The second-order valence-corrected chi connectivity index (χ2v) is 4.14. The number of hydrogen-bond donors (Lipinski definition) is 1. The van der Waals surface area contributed by atoms with Gasteiger partial charge in [0.1, 0.15) is 5.75 Å². The van der Waals surface area contributed by atoms with Gasteiger partial charge < -0.3 is 9.84 Å².